The van der Waals surface area contributed by atoms with Gasteiger partial charge >= 0.3 is 0 Å². The lowest BCUT2D eigenvalue weighted by Crippen LogP contribution is -2.43. The number of pyridine rings is 1. The van der Waals surface area contributed by atoms with Crippen molar-refractivity contribution in [1.29, 1.82) is 0 Å². The molecule has 5 nitrogen and oxygen atoms in total. The second kappa shape index (κ2) is 7.24. The average Bonchev–Trinajstić information content (AvgIpc) is 2.63. The van der Waals surface area contributed by atoms with Crippen LogP contribution in [-0.4, -0.2) is 37.1 Å². The highest BCUT2D eigenvalue weighted by atomic mass is 16.1. The number of carbonyl (C=O) groups excluding carboxylic acids is 1. The molecule has 0 radical (unpaired) electrons. The minimum atomic E-state index is -0.107. The van der Waals surface area contributed by atoms with Crippen molar-refractivity contribution < 1.29 is 4.79 Å². The number of nitrogens with zero attached hydrogens (tertiary/aromatic N) is 2. The number of amides is 1. The Morgan fingerprint density at radius 2 is 2.00 bits per heavy atom. The van der Waals surface area contributed by atoms with Crippen LogP contribution in [0.25, 0.3) is 0 Å². The number of nitrogens with one attached hydrogen (secondary N) is 2. The van der Waals surface area contributed by atoms with Crippen LogP contribution in [0.1, 0.15) is 22.8 Å². The predicted molar refractivity (Wildman–Crippen MR) is 93.1 cm³/mol. The van der Waals surface area contributed by atoms with Crippen LogP contribution in [0.3, 0.4) is 0 Å². The number of anilines is 2. The van der Waals surface area contributed by atoms with E-state index in [2.05, 4.69) is 20.5 Å². The summed E-state index contributed by atoms with van der Waals surface area (Å²) in [5.41, 5.74) is 2.85. The lowest BCUT2D eigenvalue weighted by atomic mass is 10.0. The third-order valence-electron chi connectivity index (χ3n) is 4.11. The number of benzene rings is 1. The molecule has 1 amide bonds. The van der Waals surface area contributed by atoms with Gasteiger partial charge in [0.2, 0.25) is 0 Å². The molecule has 1 aliphatic heterocycles. The number of carbonyl (C=O) groups is 1. The van der Waals surface area contributed by atoms with Crippen LogP contribution in [0.5, 0.6) is 0 Å². The van der Waals surface area contributed by atoms with Crippen LogP contribution in [0, 0.1) is 0 Å². The zero-order chi connectivity index (χ0) is 16.1. The molecule has 0 aliphatic carbocycles. The van der Waals surface area contributed by atoms with Crippen molar-refractivity contribution in [2.75, 3.05) is 36.4 Å². The maximum Gasteiger partial charge on any atom is 0.257 e. The van der Waals surface area contributed by atoms with E-state index < -0.39 is 0 Å². The van der Waals surface area contributed by atoms with Crippen molar-refractivity contribution in [3.05, 3.63) is 53.7 Å². The molecule has 0 spiro atoms. The maximum atomic E-state index is 12.4. The first-order chi connectivity index (χ1) is 11.3. The van der Waals surface area contributed by atoms with Crippen molar-refractivity contribution in [3.63, 3.8) is 0 Å². The van der Waals surface area contributed by atoms with Gasteiger partial charge in [-0.3, -0.25) is 4.79 Å². The van der Waals surface area contributed by atoms with Gasteiger partial charge in [-0.1, -0.05) is 25.1 Å². The zero-order valence-corrected chi connectivity index (χ0v) is 13.4. The molecule has 1 fully saturated rings. The molecule has 2 heterocycles. The van der Waals surface area contributed by atoms with Crippen molar-refractivity contribution in [2.24, 2.45) is 0 Å². The van der Waals surface area contributed by atoms with Gasteiger partial charge in [0.05, 0.1) is 11.9 Å². The molecule has 1 saturated heterocycles. The maximum absolute atomic E-state index is 12.4. The summed E-state index contributed by atoms with van der Waals surface area (Å²) in [6.07, 6.45) is 2.66. The monoisotopic (exact) mass is 310 g/mol. The second-order valence-corrected chi connectivity index (χ2v) is 5.60. The molecule has 120 valence electrons. The van der Waals surface area contributed by atoms with Gasteiger partial charge in [0.25, 0.3) is 5.91 Å². The van der Waals surface area contributed by atoms with Crippen LogP contribution in [-0.2, 0) is 6.42 Å². The second-order valence-electron chi connectivity index (χ2n) is 5.60. The van der Waals surface area contributed by atoms with Crippen molar-refractivity contribution in [2.45, 2.75) is 13.3 Å². The summed E-state index contributed by atoms with van der Waals surface area (Å²) in [6.45, 7) is 6.00. The number of hydrogen-bond acceptors (Lipinski definition) is 4. The molecule has 3 rings (SSSR count). The van der Waals surface area contributed by atoms with E-state index in [0.717, 1.165) is 43.9 Å². The Labute approximate surface area is 136 Å². The number of aryl methyl sites for hydroxylation is 1. The first kappa shape index (κ1) is 15.5. The summed E-state index contributed by atoms with van der Waals surface area (Å²) in [7, 11) is 0. The SMILES string of the molecule is CCc1ccccc1C(=O)Nc1ccc(N2CCNCC2)cn1. The molecule has 2 N–H and O–H groups in total. The summed E-state index contributed by atoms with van der Waals surface area (Å²) in [4.78, 5) is 19.1. The first-order valence-corrected chi connectivity index (χ1v) is 8.09. The van der Waals surface area contributed by atoms with Gasteiger partial charge in [-0.15, -0.1) is 0 Å². The molecule has 2 aromatic rings. The quantitative estimate of drug-likeness (QED) is 0.910. The molecule has 0 unspecified atom stereocenters. The normalized spacial score (nSPS) is 14.6. The van der Waals surface area contributed by atoms with E-state index in [1.54, 1.807) is 0 Å². The average molecular weight is 310 g/mol. The topological polar surface area (TPSA) is 57.3 Å². The molecule has 1 aromatic carbocycles. The summed E-state index contributed by atoms with van der Waals surface area (Å²) in [5.74, 6) is 0.477. The summed E-state index contributed by atoms with van der Waals surface area (Å²) in [5, 5.41) is 6.21. The fraction of sp³-hybridized carbons (Fsp3) is 0.333. The largest absolute Gasteiger partial charge is 0.368 e. The molecule has 0 bridgehead atoms. The van der Waals surface area contributed by atoms with Gasteiger partial charge in [0, 0.05) is 31.7 Å². The lowest BCUT2D eigenvalue weighted by Gasteiger charge is -2.29. The van der Waals surface area contributed by atoms with Crippen molar-refractivity contribution in [3.8, 4) is 0 Å². The molecule has 23 heavy (non-hydrogen) atoms. The van der Waals surface area contributed by atoms with E-state index in [1.165, 1.54) is 0 Å². The van der Waals surface area contributed by atoms with Gasteiger partial charge in [-0.05, 0) is 30.2 Å². The Balaban J connectivity index is 1.69. The standard InChI is InChI=1S/C18H22N4O/c1-2-14-5-3-4-6-16(14)18(23)21-17-8-7-15(13-20-17)22-11-9-19-10-12-22/h3-8,13,19H,2,9-12H2,1H3,(H,20,21,23). The Bertz CT molecular complexity index is 663. The molecule has 0 saturated carbocycles. The number of piperazine rings is 1. The summed E-state index contributed by atoms with van der Waals surface area (Å²) in [6, 6.07) is 11.5. The zero-order valence-electron chi connectivity index (χ0n) is 13.4. The summed E-state index contributed by atoms with van der Waals surface area (Å²) >= 11 is 0. The van der Waals surface area contributed by atoms with E-state index in [9.17, 15) is 4.79 Å². The molecule has 5 heteroatoms. The smallest absolute Gasteiger partial charge is 0.257 e. The predicted octanol–water partition coefficient (Wildman–Crippen LogP) is 2.31. The third kappa shape index (κ3) is 3.68. The minimum absolute atomic E-state index is 0.107. The fourth-order valence-corrected chi connectivity index (χ4v) is 2.80. The highest BCUT2D eigenvalue weighted by Gasteiger charge is 2.13. The van der Waals surface area contributed by atoms with Gasteiger partial charge < -0.3 is 15.5 Å². The van der Waals surface area contributed by atoms with Crippen LogP contribution >= 0.6 is 0 Å². The van der Waals surface area contributed by atoms with Crippen molar-refractivity contribution >= 4 is 17.4 Å². The Morgan fingerprint density at radius 3 is 2.70 bits per heavy atom. The Morgan fingerprint density at radius 1 is 1.22 bits per heavy atom. The molecular weight excluding hydrogens is 288 g/mol. The third-order valence-corrected chi connectivity index (χ3v) is 4.11. The molecule has 1 aromatic heterocycles. The van der Waals surface area contributed by atoms with Gasteiger partial charge in [0.1, 0.15) is 5.82 Å². The van der Waals surface area contributed by atoms with E-state index in [-0.39, 0.29) is 5.91 Å². The lowest BCUT2D eigenvalue weighted by molar-refractivity contribution is 0.102. The van der Waals surface area contributed by atoms with Gasteiger partial charge in [-0.25, -0.2) is 4.98 Å². The van der Waals surface area contributed by atoms with Crippen LogP contribution in [0.4, 0.5) is 11.5 Å². The van der Waals surface area contributed by atoms with Crippen LogP contribution < -0.4 is 15.5 Å². The van der Waals surface area contributed by atoms with E-state index in [0.29, 0.717) is 11.4 Å². The first-order valence-electron chi connectivity index (χ1n) is 8.09. The molecule has 1 aliphatic rings. The molecule has 0 atom stereocenters. The van der Waals surface area contributed by atoms with Gasteiger partial charge in [0.15, 0.2) is 0 Å². The van der Waals surface area contributed by atoms with E-state index >= 15 is 0 Å². The highest BCUT2D eigenvalue weighted by Crippen LogP contribution is 2.17. The minimum Gasteiger partial charge on any atom is -0.368 e. The number of rotatable bonds is 4. The van der Waals surface area contributed by atoms with Crippen molar-refractivity contribution in [1.82, 2.24) is 10.3 Å². The van der Waals surface area contributed by atoms with Gasteiger partial charge in [-0.2, -0.15) is 0 Å². The number of aromatic nitrogens is 1. The van der Waals surface area contributed by atoms with E-state index in [1.807, 2.05) is 49.5 Å². The van der Waals surface area contributed by atoms with E-state index in [4.69, 9.17) is 0 Å². The molecular formula is C18H22N4O. The Hall–Kier alpha value is -2.40. The summed E-state index contributed by atoms with van der Waals surface area (Å²) < 4.78 is 0. The Kier molecular flexibility index (Phi) is 4.88. The van der Waals surface area contributed by atoms with Crippen LogP contribution in [0.2, 0.25) is 0 Å². The van der Waals surface area contributed by atoms with Crippen LogP contribution in [0.15, 0.2) is 42.6 Å². The highest BCUT2D eigenvalue weighted by molar-refractivity contribution is 6.04. The number of hydrogen-bond donors (Lipinski definition) is 2. The fourth-order valence-electron chi connectivity index (χ4n) is 2.80.